The second-order valence-electron chi connectivity index (χ2n) is 7.75. The summed E-state index contributed by atoms with van der Waals surface area (Å²) in [6.45, 7) is 4.84. The third-order valence-corrected chi connectivity index (χ3v) is 7.67. The Bertz CT molecular complexity index is 1070. The highest BCUT2D eigenvalue weighted by atomic mass is 32.2. The van der Waals surface area contributed by atoms with Gasteiger partial charge in [0.25, 0.3) is 5.91 Å². The summed E-state index contributed by atoms with van der Waals surface area (Å²) in [6.07, 6.45) is 4.05. The van der Waals surface area contributed by atoms with E-state index in [9.17, 15) is 13.2 Å². The van der Waals surface area contributed by atoms with Gasteiger partial charge in [-0.05, 0) is 50.8 Å². The second-order valence-corrected chi connectivity index (χ2v) is 9.60. The summed E-state index contributed by atoms with van der Waals surface area (Å²) in [6, 6.07) is 14.6. The molecule has 2 aliphatic rings. The lowest BCUT2D eigenvalue weighted by Crippen LogP contribution is -2.38. The SMILES string of the molecule is CCC1CCCCN1C1=C(C(=O)Nc2ccc(C)cc2)S(=O)(=O)c2ccccc21. The molecule has 2 aliphatic heterocycles. The number of rotatable bonds is 4. The van der Waals surface area contributed by atoms with Crippen LogP contribution in [0.3, 0.4) is 0 Å². The van der Waals surface area contributed by atoms with E-state index >= 15 is 0 Å². The molecule has 0 aliphatic carbocycles. The van der Waals surface area contributed by atoms with E-state index in [0.717, 1.165) is 37.8 Å². The van der Waals surface area contributed by atoms with Crippen LogP contribution in [0, 0.1) is 6.92 Å². The van der Waals surface area contributed by atoms with Crippen molar-refractivity contribution in [1.29, 1.82) is 0 Å². The fourth-order valence-corrected chi connectivity index (χ4v) is 6.02. The van der Waals surface area contributed by atoms with Gasteiger partial charge in [0.15, 0.2) is 4.91 Å². The average molecular weight is 411 g/mol. The Labute approximate surface area is 172 Å². The van der Waals surface area contributed by atoms with E-state index < -0.39 is 15.7 Å². The first-order valence-electron chi connectivity index (χ1n) is 10.2. The number of aryl methyl sites for hydroxylation is 1. The van der Waals surface area contributed by atoms with E-state index in [1.165, 1.54) is 0 Å². The van der Waals surface area contributed by atoms with Crippen molar-refractivity contribution < 1.29 is 13.2 Å². The van der Waals surface area contributed by atoms with Gasteiger partial charge >= 0.3 is 0 Å². The first-order chi connectivity index (χ1) is 13.9. The van der Waals surface area contributed by atoms with Crippen LogP contribution in [0.1, 0.15) is 43.7 Å². The minimum absolute atomic E-state index is 0.125. The number of nitrogens with zero attached hydrogens (tertiary/aromatic N) is 1. The summed E-state index contributed by atoms with van der Waals surface area (Å²) >= 11 is 0. The maximum absolute atomic E-state index is 13.4. The van der Waals surface area contributed by atoms with Crippen LogP contribution in [0.25, 0.3) is 5.70 Å². The van der Waals surface area contributed by atoms with Crippen molar-refractivity contribution in [2.75, 3.05) is 11.9 Å². The molecule has 2 aromatic rings. The molecule has 0 aromatic heterocycles. The van der Waals surface area contributed by atoms with Crippen LogP contribution in [0.2, 0.25) is 0 Å². The Kier molecular flexibility index (Phi) is 5.21. The summed E-state index contributed by atoms with van der Waals surface area (Å²) in [7, 11) is -3.88. The molecule has 0 saturated carbocycles. The monoisotopic (exact) mass is 410 g/mol. The maximum atomic E-state index is 13.4. The zero-order valence-electron chi connectivity index (χ0n) is 16.8. The van der Waals surface area contributed by atoms with Gasteiger partial charge in [0.05, 0.1) is 10.6 Å². The Morgan fingerprint density at radius 1 is 1.10 bits per heavy atom. The number of carbonyl (C=O) groups is 1. The summed E-state index contributed by atoms with van der Waals surface area (Å²) in [4.78, 5) is 15.5. The van der Waals surface area contributed by atoms with Crippen LogP contribution in [-0.4, -0.2) is 31.8 Å². The molecular weight excluding hydrogens is 384 g/mol. The third kappa shape index (κ3) is 3.46. The Hall–Kier alpha value is -2.60. The van der Waals surface area contributed by atoms with Crippen LogP contribution < -0.4 is 5.32 Å². The standard InChI is InChI=1S/C23H26N2O3S/c1-3-18-8-6-7-15-25(18)21-19-9-4-5-10-20(19)29(27,28)22(21)23(26)24-17-13-11-16(2)12-14-17/h4-5,9-14,18H,3,6-8,15H2,1-2H3,(H,24,26). The molecule has 0 radical (unpaired) electrons. The molecule has 0 bridgehead atoms. The van der Waals surface area contributed by atoms with Crippen molar-refractivity contribution in [3.8, 4) is 0 Å². The highest BCUT2D eigenvalue weighted by Gasteiger charge is 2.43. The third-order valence-electron chi connectivity index (χ3n) is 5.82. The summed E-state index contributed by atoms with van der Waals surface area (Å²) in [5, 5.41) is 2.80. The van der Waals surface area contributed by atoms with Gasteiger partial charge in [-0.2, -0.15) is 0 Å². The molecule has 1 unspecified atom stereocenters. The average Bonchev–Trinajstić information content (AvgIpc) is 2.97. The fourth-order valence-electron chi connectivity index (χ4n) is 4.32. The van der Waals surface area contributed by atoms with E-state index in [2.05, 4.69) is 17.1 Å². The minimum Gasteiger partial charge on any atom is -0.367 e. The van der Waals surface area contributed by atoms with Crippen LogP contribution >= 0.6 is 0 Å². The van der Waals surface area contributed by atoms with Crippen LogP contribution in [0.15, 0.2) is 58.3 Å². The molecule has 1 saturated heterocycles. The van der Waals surface area contributed by atoms with Crippen molar-refractivity contribution >= 4 is 27.1 Å². The molecule has 0 spiro atoms. The molecular formula is C23H26N2O3S. The summed E-state index contributed by atoms with van der Waals surface area (Å²) in [5.74, 6) is -0.569. The molecule has 29 heavy (non-hydrogen) atoms. The van der Waals surface area contributed by atoms with Crippen molar-refractivity contribution in [1.82, 2.24) is 4.90 Å². The molecule has 1 fully saturated rings. The quantitative estimate of drug-likeness (QED) is 0.814. The van der Waals surface area contributed by atoms with Crippen LogP contribution in [-0.2, 0) is 14.6 Å². The lowest BCUT2D eigenvalue weighted by Gasteiger charge is -2.38. The molecule has 152 valence electrons. The van der Waals surface area contributed by atoms with E-state index in [1.807, 2.05) is 31.2 Å². The molecule has 1 atom stereocenters. The van der Waals surface area contributed by atoms with Gasteiger partial charge in [-0.15, -0.1) is 0 Å². The molecule has 2 heterocycles. The van der Waals surface area contributed by atoms with Gasteiger partial charge in [0, 0.05) is 23.8 Å². The number of fused-ring (bicyclic) bond motifs is 1. The van der Waals surface area contributed by atoms with Crippen LogP contribution in [0.4, 0.5) is 5.69 Å². The number of anilines is 1. The molecule has 4 rings (SSSR count). The number of likely N-dealkylation sites (tertiary alicyclic amines) is 1. The zero-order valence-corrected chi connectivity index (χ0v) is 17.6. The van der Waals surface area contributed by atoms with Crippen molar-refractivity contribution in [2.45, 2.75) is 50.5 Å². The topological polar surface area (TPSA) is 66.5 Å². The van der Waals surface area contributed by atoms with Gasteiger partial charge < -0.3 is 10.2 Å². The number of hydrogen-bond donors (Lipinski definition) is 1. The van der Waals surface area contributed by atoms with E-state index in [4.69, 9.17) is 0 Å². The first-order valence-corrected chi connectivity index (χ1v) is 11.6. The normalized spacial score (nSPS) is 20.5. The minimum atomic E-state index is -3.88. The predicted molar refractivity (Wildman–Crippen MR) is 115 cm³/mol. The van der Waals surface area contributed by atoms with Crippen molar-refractivity contribution in [2.24, 2.45) is 0 Å². The number of hydrogen-bond acceptors (Lipinski definition) is 4. The summed E-state index contributed by atoms with van der Waals surface area (Å²) < 4.78 is 26.7. The molecule has 5 nitrogen and oxygen atoms in total. The predicted octanol–water partition coefficient (Wildman–Crippen LogP) is 4.35. The lowest BCUT2D eigenvalue weighted by atomic mass is 9.97. The highest BCUT2D eigenvalue weighted by Crippen LogP contribution is 2.43. The van der Waals surface area contributed by atoms with Gasteiger partial charge in [-0.25, -0.2) is 8.42 Å². The molecule has 6 heteroatoms. The van der Waals surface area contributed by atoms with E-state index in [0.29, 0.717) is 16.9 Å². The molecule has 1 amide bonds. The largest absolute Gasteiger partial charge is 0.367 e. The highest BCUT2D eigenvalue weighted by molar-refractivity contribution is 7.97. The summed E-state index contributed by atoms with van der Waals surface area (Å²) in [5.41, 5.74) is 2.87. The number of sulfone groups is 1. The number of carbonyl (C=O) groups excluding carboxylic acids is 1. The van der Waals surface area contributed by atoms with E-state index in [-0.39, 0.29) is 15.8 Å². The Morgan fingerprint density at radius 3 is 2.55 bits per heavy atom. The second kappa shape index (κ2) is 7.67. The number of amides is 1. The van der Waals surface area contributed by atoms with Crippen LogP contribution in [0.5, 0.6) is 0 Å². The zero-order chi connectivity index (χ0) is 20.6. The Balaban J connectivity index is 1.83. The number of piperidine rings is 1. The fraction of sp³-hybridized carbons (Fsp3) is 0.348. The van der Waals surface area contributed by atoms with Crippen molar-refractivity contribution in [3.05, 3.63) is 64.6 Å². The van der Waals surface area contributed by atoms with E-state index in [1.54, 1.807) is 24.3 Å². The molecule has 1 N–H and O–H groups in total. The van der Waals surface area contributed by atoms with Gasteiger partial charge in [-0.1, -0.05) is 42.8 Å². The van der Waals surface area contributed by atoms with Gasteiger partial charge in [0.2, 0.25) is 9.84 Å². The smallest absolute Gasteiger partial charge is 0.269 e. The molecule has 2 aromatic carbocycles. The Morgan fingerprint density at radius 2 is 1.83 bits per heavy atom. The van der Waals surface area contributed by atoms with Crippen molar-refractivity contribution in [3.63, 3.8) is 0 Å². The number of nitrogens with one attached hydrogen (secondary N) is 1. The number of benzene rings is 2. The first kappa shape index (κ1) is 19.7. The lowest BCUT2D eigenvalue weighted by molar-refractivity contribution is -0.112. The van der Waals surface area contributed by atoms with Gasteiger partial charge in [0.1, 0.15) is 0 Å². The van der Waals surface area contributed by atoms with Gasteiger partial charge in [-0.3, -0.25) is 4.79 Å². The maximum Gasteiger partial charge on any atom is 0.269 e.